The van der Waals surface area contributed by atoms with E-state index in [1.165, 1.54) is 36.4 Å². The van der Waals surface area contributed by atoms with Gasteiger partial charge in [0.25, 0.3) is 0 Å². The molecule has 3 N–H and O–H groups in total. The Labute approximate surface area is 156 Å². The highest BCUT2D eigenvalue weighted by atomic mass is 19.4. The first kappa shape index (κ1) is 19.0. The second-order valence-corrected chi connectivity index (χ2v) is 5.71. The van der Waals surface area contributed by atoms with Crippen LogP contribution in [0.4, 0.5) is 18.9 Å². The lowest BCUT2D eigenvalue weighted by Gasteiger charge is -2.06. The summed E-state index contributed by atoms with van der Waals surface area (Å²) >= 11 is 0. The van der Waals surface area contributed by atoms with Gasteiger partial charge in [0.15, 0.2) is 0 Å². The summed E-state index contributed by atoms with van der Waals surface area (Å²) in [5, 5.41) is 13.9. The molecule has 28 heavy (non-hydrogen) atoms. The van der Waals surface area contributed by atoms with Crippen LogP contribution in [0.25, 0.3) is 11.4 Å². The van der Waals surface area contributed by atoms with Crippen molar-refractivity contribution in [1.82, 2.24) is 20.2 Å². The van der Waals surface area contributed by atoms with Gasteiger partial charge in [0, 0.05) is 16.8 Å². The molecule has 0 saturated heterocycles. The zero-order valence-electron chi connectivity index (χ0n) is 14.1. The second kappa shape index (κ2) is 7.47. The van der Waals surface area contributed by atoms with Crippen molar-refractivity contribution in [2.45, 2.75) is 12.7 Å². The van der Waals surface area contributed by atoms with Crippen LogP contribution in [0, 0.1) is 0 Å². The van der Waals surface area contributed by atoms with Crippen LogP contribution in [0.15, 0.2) is 48.5 Å². The van der Waals surface area contributed by atoms with Gasteiger partial charge in [-0.1, -0.05) is 12.1 Å². The number of carbonyl (C=O) groups is 2. The molecule has 1 heterocycles. The largest absolute Gasteiger partial charge is 0.416 e. The van der Waals surface area contributed by atoms with E-state index in [9.17, 15) is 22.8 Å². The van der Waals surface area contributed by atoms with Crippen molar-refractivity contribution in [2.75, 3.05) is 5.32 Å². The molecule has 2 aromatic carbocycles. The standard InChI is InChI=1S/C17H13F3N6O2/c18-17(19,20)12-3-1-2-11(8-12)16-23-25-26(24-16)9-14(27)22-13-6-4-10(5-7-13)15(21)28/h1-8H,9H2,(H2,21,28)(H,22,27). The van der Waals surface area contributed by atoms with Crippen molar-refractivity contribution < 1.29 is 22.8 Å². The summed E-state index contributed by atoms with van der Waals surface area (Å²) in [6.45, 7) is -0.302. The number of aromatic nitrogens is 4. The van der Waals surface area contributed by atoms with E-state index in [0.717, 1.165) is 16.9 Å². The average Bonchev–Trinajstić information content (AvgIpc) is 3.10. The van der Waals surface area contributed by atoms with Crippen LogP contribution in [-0.4, -0.2) is 32.0 Å². The molecule has 0 saturated carbocycles. The Kier molecular flexibility index (Phi) is 5.07. The van der Waals surface area contributed by atoms with Gasteiger partial charge in [-0.15, -0.1) is 10.2 Å². The highest BCUT2D eigenvalue weighted by Gasteiger charge is 2.30. The Morgan fingerprint density at radius 1 is 1.11 bits per heavy atom. The molecule has 11 heteroatoms. The van der Waals surface area contributed by atoms with E-state index >= 15 is 0 Å². The summed E-state index contributed by atoms with van der Waals surface area (Å²) in [5.74, 6) is -1.11. The zero-order valence-corrected chi connectivity index (χ0v) is 14.1. The van der Waals surface area contributed by atoms with Crippen molar-refractivity contribution in [3.63, 3.8) is 0 Å². The molecule has 0 spiro atoms. The monoisotopic (exact) mass is 390 g/mol. The molecule has 0 aliphatic carbocycles. The first-order chi connectivity index (χ1) is 13.2. The number of alkyl halides is 3. The number of halogens is 3. The molecule has 8 nitrogen and oxygen atoms in total. The van der Waals surface area contributed by atoms with Crippen LogP contribution in [0.2, 0.25) is 0 Å². The predicted octanol–water partition coefficient (Wildman–Crippen LogP) is 2.10. The van der Waals surface area contributed by atoms with Gasteiger partial charge in [-0.3, -0.25) is 9.59 Å². The molecule has 3 aromatic rings. The summed E-state index contributed by atoms with van der Waals surface area (Å²) in [7, 11) is 0. The van der Waals surface area contributed by atoms with E-state index in [2.05, 4.69) is 20.7 Å². The summed E-state index contributed by atoms with van der Waals surface area (Å²) in [6, 6.07) is 10.4. The number of hydrogen-bond acceptors (Lipinski definition) is 5. The molecule has 0 aliphatic rings. The summed E-state index contributed by atoms with van der Waals surface area (Å²) in [5.41, 5.74) is 5.15. The number of anilines is 1. The number of nitrogens with zero attached hydrogens (tertiary/aromatic N) is 4. The summed E-state index contributed by atoms with van der Waals surface area (Å²) in [6.07, 6.45) is -4.49. The van der Waals surface area contributed by atoms with E-state index in [1.54, 1.807) is 0 Å². The molecule has 3 rings (SSSR count). The van der Waals surface area contributed by atoms with Gasteiger partial charge in [-0.25, -0.2) is 0 Å². The summed E-state index contributed by atoms with van der Waals surface area (Å²) in [4.78, 5) is 24.0. The van der Waals surface area contributed by atoms with Crippen LogP contribution < -0.4 is 11.1 Å². The van der Waals surface area contributed by atoms with E-state index in [-0.39, 0.29) is 17.9 Å². The number of nitrogens with one attached hydrogen (secondary N) is 1. The molecule has 0 atom stereocenters. The maximum Gasteiger partial charge on any atom is 0.416 e. The van der Waals surface area contributed by atoms with Gasteiger partial charge >= 0.3 is 6.18 Å². The zero-order chi connectivity index (χ0) is 20.3. The van der Waals surface area contributed by atoms with Gasteiger partial charge in [0.2, 0.25) is 17.6 Å². The second-order valence-electron chi connectivity index (χ2n) is 5.71. The van der Waals surface area contributed by atoms with Gasteiger partial charge in [-0.2, -0.15) is 18.0 Å². The van der Waals surface area contributed by atoms with Crippen LogP contribution >= 0.6 is 0 Å². The third-order valence-electron chi connectivity index (χ3n) is 3.64. The van der Waals surface area contributed by atoms with Crippen LogP contribution in [0.5, 0.6) is 0 Å². The lowest BCUT2D eigenvalue weighted by atomic mass is 10.1. The maximum atomic E-state index is 12.8. The molecule has 144 valence electrons. The van der Waals surface area contributed by atoms with Gasteiger partial charge in [0.05, 0.1) is 5.56 Å². The van der Waals surface area contributed by atoms with Gasteiger partial charge in [0.1, 0.15) is 6.54 Å². The van der Waals surface area contributed by atoms with Crippen molar-refractivity contribution in [3.05, 3.63) is 59.7 Å². The minimum absolute atomic E-state index is 0.0373. The van der Waals surface area contributed by atoms with Crippen LogP contribution in [0.3, 0.4) is 0 Å². The fraction of sp³-hybridized carbons (Fsp3) is 0.118. The number of amides is 2. The van der Waals surface area contributed by atoms with Crippen LogP contribution in [-0.2, 0) is 17.5 Å². The number of carbonyl (C=O) groups excluding carboxylic acids is 2. The van der Waals surface area contributed by atoms with E-state index in [4.69, 9.17) is 5.73 Å². The van der Waals surface area contributed by atoms with E-state index in [0.29, 0.717) is 11.3 Å². The number of benzene rings is 2. The average molecular weight is 390 g/mol. The molecular weight excluding hydrogens is 377 g/mol. The number of nitrogens with two attached hydrogens (primary N) is 1. The van der Waals surface area contributed by atoms with Gasteiger partial charge < -0.3 is 11.1 Å². The molecule has 0 bridgehead atoms. The number of tetrazole rings is 1. The van der Waals surface area contributed by atoms with E-state index < -0.39 is 23.6 Å². The number of rotatable bonds is 5. The third kappa shape index (κ3) is 4.50. The minimum atomic E-state index is -4.49. The Morgan fingerprint density at radius 3 is 2.46 bits per heavy atom. The molecule has 1 aromatic heterocycles. The molecule has 0 radical (unpaired) electrons. The van der Waals surface area contributed by atoms with Gasteiger partial charge in [-0.05, 0) is 41.6 Å². The Bertz CT molecular complexity index is 1010. The Hall–Kier alpha value is -3.76. The molecule has 0 unspecified atom stereocenters. The van der Waals surface area contributed by atoms with Crippen molar-refractivity contribution >= 4 is 17.5 Å². The topological polar surface area (TPSA) is 116 Å². The number of primary amides is 1. The van der Waals surface area contributed by atoms with E-state index in [1.807, 2.05) is 0 Å². The fourth-order valence-electron chi connectivity index (χ4n) is 2.31. The first-order valence-electron chi connectivity index (χ1n) is 7.87. The fourth-order valence-corrected chi connectivity index (χ4v) is 2.31. The molecule has 2 amide bonds. The molecule has 0 aliphatic heterocycles. The van der Waals surface area contributed by atoms with Crippen molar-refractivity contribution in [1.29, 1.82) is 0 Å². The Balaban J connectivity index is 1.67. The lowest BCUT2D eigenvalue weighted by molar-refractivity contribution is -0.137. The van der Waals surface area contributed by atoms with Crippen molar-refractivity contribution in [3.8, 4) is 11.4 Å². The molecular formula is C17H13F3N6O2. The molecule has 0 fully saturated rings. The third-order valence-corrected chi connectivity index (χ3v) is 3.64. The predicted molar refractivity (Wildman–Crippen MR) is 91.8 cm³/mol. The quantitative estimate of drug-likeness (QED) is 0.692. The summed E-state index contributed by atoms with van der Waals surface area (Å²) < 4.78 is 38.4. The Morgan fingerprint density at radius 2 is 1.82 bits per heavy atom. The highest BCUT2D eigenvalue weighted by Crippen LogP contribution is 2.31. The maximum absolute atomic E-state index is 12.8. The highest BCUT2D eigenvalue weighted by molar-refractivity contribution is 5.94. The smallest absolute Gasteiger partial charge is 0.366 e. The minimum Gasteiger partial charge on any atom is -0.366 e. The normalized spacial score (nSPS) is 11.2. The SMILES string of the molecule is NC(=O)c1ccc(NC(=O)Cn2nnc(-c3cccc(C(F)(F)F)c3)n2)cc1. The first-order valence-corrected chi connectivity index (χ1v) is 7.87. The van der Waals surface area contributed by atoms with Crippen LogP contribution in [0.1, 0.15) is 15.9 Å². The lowest BCUT2D eigenvalue weighted by Crippen LogP contribution is -2.20. The van der Waals surface area contributed by atoms with Crippen molar-refractivity contribution in [2.24, 2.45) is 5.73 Å². The number of hydrogen-bond donors (Lipinski definition) is 2.